The van der Waals surface area contributed by atoms with Crippen LogP contribution < -0.4 is 5.32 Å². The standard InChI is InChI=1S/C15H9ClF3NO3/c16-12-7-10(4-5-11(12)14(22)23)20-13(21)8-2-1-3-9(6-8)15(17,18)19/h1-7H,(H,20,21)(H,22,23). The number of aromatic carboxylic acids is 1. The third-order valence-corrected chi connectivity index (χ3v) is 3.22. The van der Waals surface area contributed by atoms with Crippen molar-refractivity contribution >= 4 is 29.2 Å². The van der Waals surface area contributed by atoms with Crippen molar-refractivity contribution in [1.82, 2.24) is 0 Å². The maximum absolute atomic E-state index is 12.6. The Kier molecular flexibility index (Phi) is 4.60. The molecule has 0 aliphatic rings. The van der Waals surface area contributed by atoms with Crippen molar-refractivity contribution in [2.24, 2.45) is 0 Å². The molecule has 1 amide bonds. The third-order valence-electron chi connectivity index (χ3n) is 2.91. The molecule has 2 rings (SSSR count). The molecule has 2 aromatic carbocycles. The molecule has 0 aliphatic carbocycles. The normalized spacial score (nSPS) is 11.1. The van der Waals surface area contributed by atoms with Gasteiger partial charge in [0.2, 0.25) is 0 Å². The Hall–Kier alpha value is -2.54. The fourth-order valence-electron chi connectivity index (χ4n) is 1.81. The summed E-state index contributed by atoms with van der Waals surface area (Å²) in [5.41, 5.74) is -1.10. The fourth-order valence-corrected chi connectivity index (χ4v) is 2.07. The molecule has 0 saturated heterocycles. The first-order chi connectivity index (χ1) is 10.7. The minimum atomic E-state index is -4.55. The summed E-state index contributed by atoms with van der Waals surface area (Å²) in [5.74, 6) is -2.00. The predicted molar refractivity (Wildman–Crippen MR) is 77.8 cm³/mol. The van der Waals surface area contributed by atoms with E-state index in [2.05, 4.69) is 5.32 Å². The van der Waals surface area contributed by atoms with Crippen molar-refractivity contribution in [3.05, 3.63) is 64.2 Å². The van der Waals surface area contributed by atoms with Crippen LogP contribution in [-0.2, 0) is 6.18 Å². The molecule has 0 fully saturated rings. The second kappa shape index (κ2) is 6.29. The Balaban J connectivity index is 2.23. The van der Waals surface area contributed by atoms with Crippen LogP contribution >= 0.6 is 11.6 Å². The van der Waals surface area contributed by atoms with Crippen molar-refractivity contribution in [1.29, 1.82) is 0 Å². The van der Waals surface area contributed by atoms with Crippen LogP contribution in [0.3, 0.4) is 0 Å². The maximum atomic E-state index is 12.6. The van der Waals surface area contributed by atoms with Gasteiger partial charge in [-0.15, -0.1) is 0 Å². The molecule has 2 N–H and O–H groups in total. The number of rotatable bonds is 3. The van der Waals surface area contributed by atoms with Crippen LogP contribution in [0.1, 0.15) is 26.3 Å². The van der Waals surface area contributed by atoms with Crippen molar-refractivity contribution in [3.8, 4) is 0 Å². The Labute approximate surface area is 133 Å². The van der Waals surface area contributed by atoms with Gasteiger partial charge in [0.05, 0.1) is 16.1 Å². The van der Waals surface area contributed by atoms with E-state index in [0.717, 1.165) is 18.2 Å². The fraction of sp³-hybridized carbons (Fsp3) is 0.0667. The molecule has 0 saturated carbocycles. The van der Waals surface area contributed by atoms with Gasteiger partial charge in [-0.3, -0.25) is 4.79 Å². The van der Waals surface area contributed by atoms with E-state index >= 15 is 0 Å². The number of alkyl halides is 3. The molecule has 0 aromatic heterocycles. The maximum Gasteiger partial charge on any atom is 0.416 e. The molecule has 0 aliphatic heterocycles. The number of carboxylic acid groups (broad SMARTS) is 1. The smallest absolute Gasteiger partial charge is 0.416 e. The number of hydrogen-bond donors (Lipinski definition) is 2. The molecule has 120 valence electrons. The Morgan fingerprint density at radius 1 is 1.09 bits per heavy atom. The van der Waals surface area contributed by atoms with Gasteiger partial charge in [-0.1, -0.05) is 17.7 Å². The summed E-state index contributed by atoms with van der Waals surface area (Å²) in [4.78, 5) is 22.8. The number of halogens is 4. The molecular formula is C15H9ClF3NO3. The molecule has 2 aromatic rings. The average molecular weight is 344 g/mol. The molecule has 0 unspecified atom stereocenters. The number of carboxylic acids is 1. The second-order valence-electron chi connectivity index (χ2n) is 4.53. The molecule has 8 heteroatoms. The van der Waals surface area contributed by atoms with Crippen LogP contribution in [0.25, 0.3) is 0 Å². The SMILES string of the molecule is O=C(Nc1ccc(C(=O)O)c(Cl)c1)c1cccc(C(F)(F)F)c1. The summed E-state index contributed by atoms with van der Waals surface area (Å²) in [6, 6.07) is 7.62. The molecule has 0 radical (unpaired) electrons. The highest BCUT2D eigenvalue weighted by Gasteiger charge is 2.30. The highest BCUT2D eigenvalue weighted by Crippen LogP contribution is 2.29. The lowest BCUT2D eigenvalue weighted by Gasteiger charge is -2.10. The van der Waals surface area contributed by atoms with Gasteiger partial charge in [-0.05, 0) is 36.4 Å². The highest BCUT2D eigenvalue weighted by atomic mass is 35.5. The van der Waals surface area contributed by atoms with E-state index in [1.54, 1.807) is 0 Å². The highest BCUT2D eigenvalue weighted by molar-refractivity contribution is 6.33. The molecule has 0 spiro atoms. The monoisotopic (exact) mass is 343 g/mol. The Bertz CT molecular complexity index is 775. The van der Waals surface area contributed by atoms with Crippen LogP contribution in [0.4, 0.5) is 18.9 Å². The molecular weight excluding hydrogens is 335 g/mol. The van der Waals surface area contributed by atoms with Crippen LogP contribution in [0.15, 0.2) is 42.5 Å². The van der Waals surface area contributed by atoms with Crippen molar-refractivity contribution < 1.29 is 27.9 Å². The van der Waals surface area contributed by atoms with Gasteiger partial charge in [0.15, 0.2) is 0 Å². The lowest BCUT2D eigenvalue weighted by atomic mass is 10.1. The summed E-state index contributed by atoms with van der Waals surface area (Å²) >= 11 is 5.76. The van der Waals surface area contributed by atoms with E-state index in [1.807, 2.05) is 0 Å². The summed E-state index contributed by atoms with van der Waals surface area (Å²) in [7, 11) is 0. The van der Waals surface area contributed by atoms with Crippen molar-refractivity contribution in [2.75, 3.05) is 5.32 Å². The zero-order valence-electron chi connectivity index (χ0n) is 11.3. The minimum absolute atomic E-state index is 0.0978. The first kappa shape index (κ1) is 16.8. The molecule has 0 bridgehead atoms. The molecule has 23 heavy (non-hydrogen) atoms. The topological polar surface area (TPSA) is 66.4 Å². The van der Waals surface area contributed by atoms with Gasteiger partial charge < -0.3 is 10.4 Å². The number of benzene rings is 2. The predicted octanol–water partition coefficient (Wildman–Crippen LogP) is 4.31. The summed E-state index contributed by atoms with van der Waals surface area (Å²) in [6.45, 7) is 0. The van der Waals surface area contributed by atoms with Crippen LogP contribution in [-0.4, -0.2) is 17.0 Å². The van der Waals surface area contributed by atoms with E-state index in [1.165, 1.54) is 24.3 Å². The van der Waals surface area contributed by atoms with Crippen molar-refractivity contribution in [2.45, 2.75) is 6.18 Å². The van der Waals surface area contributed by atoms with Gasteiger partial charge in [0.25, 0.3) is 5.91 Å². The number of carbonyl (C=O) groups is 2. The van der Waals surface area contributed by atoms with E-state index < -0.39 is 23.6 Å². The summed E-state index contributed by atoms with van der Waals surface area (Å²) in [5, 5.41) is 11.1. The van der Waals surface area contributed by atoms with Gasteiger partial charge in [0.1, 0.15) is 0 Å². The van der Waals surface area contributed by atoms with E-state index in [9.17, 15) is 22.8 Å². The van der Waals surface area contributed by atoms with Gasteiger partial charge >= 0.3 is 12.1 Å². The number of nitrogens with one attached hydrogen (secondary N) is 1. The van der Waals surface area contributed by atoms with Crippen LogP contribution in [0.2, 0.25) is 5.02 Å². The van der Waals surface area contributed by atoms with Gasteiger partial charge in [-0.2, -0.15) is 13.2 Å². The zero-order chi connectivity index (χ0) is 17.2. The lowest BCUT2D eigenvalue weighted by Crippen LogP contribution is -2.14. The summed E-state index contributed by atoms with van der Waals surface area (Å²) in [6.07, 6.45) is -4.55. The van der Waals surface area contributed by atoms with Crippen LogP contribution in [0, 0.1) is 0 Å². The number of anilines is 1. The first-order valence-corrected chi connectivity index (χ1v) is 6.58. The van der Waals surface area contributed by atoms with Gasteiger partial charge in [0, 0.05) is 11.3 Å². The van der Waals surface area contributed by atoms with E-state index in [4.69, 9.17) is 16.7 Å². The lowest BCUT2D eigenvalue weighted by molar-refractivity contribution is -0.137. The molecule has 0 heterocycles. The van der Waals surface area contributed by atoms with Crippen LogP contribution in [0.5, 0.6) is 0 Å². The second-order valence-corrected chi connectivity index (χ2v) is 4.94. The minimum Gasteiger partial charge on any atom is -0.478 e. The Morgan fingerprint density at radius 2 is 1.78 bits per heavy atom. The summed E-state index contributed by atoms with van der Waals surface area (Å²) < 4.78 is 37.9. The number of amides is 1. The molecule has 4 nitrogen and oxygen atoms in total. The largest absolute Gasteiger partial charge is 0.478 e. The quantitative estimate of drug-likeness (QED) is 0.872. The Morgan fingerprint density at radius 3 is 2.35 bits per heavy atom. The van der Waals surface area contributed by atoms with E-state index in [-0.39, 0.29) is 21.8 Å². The number of carbonyl (C=O) groups excluding carboxylic acids is 1. The third kappa shape index (κ3) is 4.01. The molecule has 0 atom stereocenters. The average Bonchev–Trinajstić information content (AvgIpc) is 2.46. The zero-order valence-corrected chi connectivity index (χ0v) is 12.1. The first-order valence-electron chi connectivity index (χ1n) is 6.20. The number of hydrogen-bond acceptors (Lipinski definition) is 2. The van der Waals surface area contributed by atoms with Gasteiger partial charge in [-0.25, -0.2) is 4.79 Å². The van der Waals surface area contributed by atoms with E-state index in [0.29, 0.717) is 0 Å². The van der Waals surface area contributed by atoms with Crippen molar-refractivity contribution in [3.63, 3.8) is 0 Å².